The van der Waals surface area contributed by atoms with E-state index in [9.17, 15) is 14.4 Å². The third-order valence-corrected chi connectivity index (χ3v) is 3.38. The molecule has 1 atom stereocenters. The van der Waals surface area contributed by atoms with Crippen molar-refractivity contribution < 1.29 is 23.6 Å². The fourth-order valence-electron chi connectivity index (χ4n) is 2.22. The van der Waals surface area contributed by atoms with Crippen LogP contribution >= 0.6 is 0 Å². The van der Waals surface area contributed by atoms with Crippen LogP contribution in [0.5, 0.6) is 0 Å². The standard InChI is InChI=1S/C17H19N3O5/c1-4-18-17(23)19-15(21)14(12-8-6-5-7-9-12)24-16(22)13-10(2)20-25-11(13)3/h5-9,14H,4H2,1-3H3,(H2,18,19,21,23)/t14-/m1/s1. The molecule has 0 bridgehead atoms. The first-order valence-electron chi connectivity index (χ1n) is 7.71. The molecular weight excluding hydrogens is 326 g/mol. The van der Waals surface area contributed by atoms with Gasteiger partial charge in [-0.3, -0.25) is 10.1 Å². The summed E-state index contributed by atoms with van der Waals surface area (Å²) >= 11 is 0. The molecule has 0 fully saturated rings. The van der Waals surface area contributed by atoms with Crippen LogP contribution in [-0.4, -0.2) is 29.6 Å². The molecule has 0 aliphatic carbocycles. The van der Waals surface area contributed by atoms with Gasteiger partial charge in [-0.25, -0.2) is 9.59 Å². The molecule has 1 aromatic heterocycles. The number of aromatic nitrogens is 1. The van der Waals surface area contributed by atoms with Crippen molar-refractivity contribution in [3.63, 3.8) is 0 Å². The predicted molar refractivity (Wildman–Crippen MR) is 87.8 cm³/mol. The first-order valence-corrected chi connectivity index (χ1v) is 7.71. The molecule has 0 aliphatic rings. The second-order valence-corrected chi connectivity index (χ2v) is 5.24. The van der Waals surface area contributed by atoms with E-state index in [1.54, 1.807) is 51.1 Å². The number of hydrogen-bond donors (Lipinski definition) is 2. The van der Waals surface area contributed by atoms with E-state index < -0.39 is 24.0 Å². The summed E-state index contributed by atoms with van der Waals surface area (Å²) in [6.45, 7) is 5.24. The Labute approximate surface area is 144 Å². The van der Waals surface area contributed by atoms with Gasteiger partial charge in [0.25, 0.3) is 5.91 Å². The molecule has 2 aromatic rings. The number of hydrogen-bond acceptors (Lipinski definition) is 6. The topological polar surface area (TPSA) is 111 Å². The molecule has 0 saturated heterocycles. The third-order valence-electron chi connectivity index (χ3n) is 3.38. The first-order chi connectivity index (χ1) is 11.9. The number of amides is 3. The Kier molecular flexibility index (Phi) is 5.89. The molecule has 0 aliphatic heterocycles. The van der Waals surface area contributed by atoms with Crippen molar-refractivity contribution in [3.05, 3.63) is 52.9 Å². The number of imide groups is 1. The molecule has 2 rings (SSSR count). The summed E-state index contributed by atoms with van der Waals surface area (Å²) in [5, 5.41) is 8.29. The normalized spacial score (nSPS) is 11.5. The van der Waals surface area contributed by atoms with Crippen LogP contribution in [0.1, 0.15) is 40.4 Å². The number of carbonyl (C=O) groups is 3. The summed E-state index contributed by atoms with van der Waals surface area (Å²) in [4.78, 5) is 36.5. The number of ether oxygens (including phenoxy) is 1. The van der Waals surface area contributed by atoms with Crippen molar-refractivity contribution in [2.24, 2.45) is 0 Å². The van der Waals surface area contributed by atoms with Gasteiger partial charge in [0, 0.05) is 12.1 Å². The van der Waals surface area contributed by atoms with E-state index in [-0.39, 0.29) is 5.56 Å². The molecule has 0 spiro atoms. The van der Waals surface area contributed by atoms with Crippen molar-refractivity contribution >= 4 is 17.9 Å². The van der Waals surface area contributed by atoms with Gasteiger partial charge in [0.1, 0.15) is 11.3 Å². The maximum atomic E-state index is 12.4. The van der Waals surface area contributed by atoms with Gasteiger partial charge < -0.3 is 14.6 Å². The fourth-order valence-corrected chi connectivity index (χ4v) is 2.22. The van der Waals surface area contributed by atoms with Crippen molar-refractivity contribution in [3.8, 4) is 0 Å². The predicted octanol–water partition coefficient (Wildman–Crippen LogP) is 2.04. The fraction of sp³-hybridized carbons (Fsp3) is 0.294. The monoisotopic (exact) mass is 345 g/mol. The molecule has 2 N–H and O–H groups in total. The van der Waals surface area contributed by atoms with Crippen LogP contribution in [0, 0.1) is 13.8 Å². The van der Waals surface area contributed by atoms with E-state index in [4.69, 9.17) is 9.26 Å². The van der Waals surface area contributed by atoms with Gasteiger partial charge in [-0.05, 0) is 20.8 Å². The second-order valence-electron chi connectivity index (χ2n) is 5.24. The second kappa shape index (κ2) is 8.09. The number of aryl methyl sites for hydroxylation is 2. The minimum Gasteiger partial charge on any atom is -0.444 e. The Morgan fingerprint density at radius 3 is 2.44 bits per heavy atom. The van der Waals surface area contributed by atoms with E-state index in [1.165, 1.54) is 0 Å². The highest BCUT2D eigenvalue weighted by molar-refractivity contribution is 5.99. The molecular formula is C17H19N3O5. The van der Waals surface area contributed by atoms with Gasteiger partial charge in [-0.1, -0.05) is 35.5 Å². The lowest BCUT2D eigenvalue weighted by atomic mass is 10.1. The molecule has 0 radical (unpaired) electrons. The Hall–Kier alpha value is -3.16. The Balaban J connectivity index is 2.25. The van der Waals surface area contributed by atoms with Gasteiger partial charge in [0.2, 0.25) is 6.10 Å². The largest absolute Gasteiger partial charge is 0.444 e. The van der Waals surface area contributed by atoms with Crippen LogP contribution in [0.4, 0.5) is 4.79 Å². The molecule has 8 nitrogen and oxygen atoms in total. The van der Waals surface area contributed by atoms with Crippen LogP contribution < -0.4 is 10.6 Å². The number of carbonyl (C=O) groups excluding carboxylic acids is 3. The zero-order valence-electron chi connectivity index (χ0n) is 14.2. The Bertz CT molecular complexity index is 750. The number of esters is 1. The summed E-state index contributed by atoms with van der Waals surface area (Å²) in [5.74, 6) is -1.22. The molecule has 132 valence electrons. The molecule has 0 saturated carbocycles. The highest BCUT2D eigenvalue weighted by Gasteiger charge is 2.29. The zero-order chi connectivity index (χ0) is 18.4. The van der Waals surface area contributed by atoms with E-state index in [1.807, 2.05) is 0 Å². The average molecular weight is 345 g/mol. The van der Waals surface area contributed by atoms with Crippen molar-refractivity contribution in [1.82, 2.24) is 15.8 Å². The van der Waals surface area contributed by atoms with Crippen molar-refractivity contribution in [2.45, 2.75) is 26.9 Å². The lowest BCUT2D eigenvalue weighted by Gasteiger charge is -2.17. The number of benzene rings is 1. The number of nitrogens with one attached hydrogen (secondary N) is 2. The van der Waals surface area contributed by atoms with Crippen LogP contribution in [0.15, 0.2) is 34.9 Å². The molecule has 1 heterocycles. The number of rotatable bonds is 5. The third kappa shape index (κ3) is 4.43. The van der Waals surface area contributed by atoms with E-state index in [2.05, 4.69) is 15.8 Å². The number of urea groups is 1. The molecule has 8 heteroatoms. The van der Waals surface area contributed by atoms with Crippen molar-refractivity contribution in [1.29, 1.82) is 0 Å². The van der Waals surface area contributed by atoms with E-state index in [0.29, 0.717) is 23.6 Å². The minimum atomic E-state index is -1.29. The summed E-state index contributed by atoms with van der Waals surface area (Å²) in [7, 11) is 0. The maximum Gasteiger partial charge on any atom is 0.344 e. The molecule has 3 amide bonds. The van der Waals surface area contributed by atoms with Crippen LogP contribution in [0.3, 0.4) is 0 Å². The van der Waals surface area contributed by atoms with Gasteiger partial charge in [0.05, 0.1) is 5.69 Å². The lowest BCUT2D eigenvalue weighted by molar-refractivity contribution is -0.129. The van der Waals surface area contributed by atoms with Crippen LogP contribution in [-0.2, 0) is 9.53 Å². The van der Waals surface area contributed by atoms with Gasteiger partial charge >= 0.3 is 12.0 Å². The number of nitrogens with zero attached hydrogens (tertiary/aromatic N) is 1. The highest BCUT2D eigenvalue weighted by atomic mass is 16.6. The molecule has 0 unspecified atom stereocenters. The van der Waals surface area contributed by atoms with Gasteiger partial charge in [0.15, 0.2) is 0 Å². The maximum absolute atomic E-state index is 12.4. The molecule has 1 aromatic carbocycles. The SMILES string of the molecule is CCNC(=O)NC(=O)[C@H](OC(=O)c1c(C)noc1C)c1ccccc1. The zero-order valence-corrected chi connectivity index (χ0v) is 14.2. The van der Waals surface area contributed by atoms with Crippen molar-refractivity contribution in [2.75, 3.05) is 6.54 Å². The lowest BCUT2D eigenvalue weighted by Crippen LogP contribution is -2.42. The first kappa shape index (κ1) is 18.2. The van der Waals surface area contributed by atoms with E-state index in [0.717, 1.165) is 0 Å². The summed E-state index contributed by atoms with van der Waals surface area (Å²) in [6.07, 6.45) is -1.29. The van der Waals surface area contributed by atoms with E-state index >= 15 is 0 Å². The minimum absolute atomic E-state index is 0.159. The van der Waals surface area contributed by atoms with Gasteiger partial charge in [-0.2, -0.15) is 0 Å². The smallest absolute Gasteiger partial charge is 0.344 e. The average Bonchev–Trinajstić information content (AvgIpc) is 2.92. The van der Waals surface area contributed by atoms with Crippen LogP contribution in [0.2, 0.25) is 0 Å². The molecule has 25 heavy (non-hydrogen) atoms. The van der Waals surface area contributed by atoms with Crippen LogP contribution in [0.25, 0.3) is 0 Å². The quantitative estimate of drug-likeness (QED) is 0.802. The highest BCUT2D eigenvalue weighted by Crippen LogP contribution is 2.22. The summed E-state index contributed by atoms with van der Waals surface area (Å²) in [6, 6.07) is 7.75. The summed E-state index contributed by atoms with van der Waals surface area (Å²) in [5.41, 5.74) is 0.953. The summed E-state index contributed by atoms with van der Waals surface area (Å²) < 4.78 is 10.3. The van der Waals surface area contributed by atoms with Gasteiger partial charge in [-0.15, -0.1) is 0 Å². The Morgan fingerprint density at radius 2 is 1.88 bits per heavy atom. The Morgan fingerprint density at radius 1 is 1.20 bits per heavy atom.